The van der Waals surface area contributed by atoms with E-state index in [1.807, 2.05) is 27.8 Å². The maximum atomic E-state index is 12.1. The van der Waals surface area contributed by atoms with Gasteiger partial charge in [0.15, 0.2) is 5.96 Å². The van der Waals surface area contributed by atoms with Crippen LogP contribution in [0.5, 0.6) is 0 Å². The van der Waals surface area contributed by atoms with E-state index in [-0.39, 0.29) is 36.1 Å². The number of alkyl carbamates (subject to hydrolysis) is 1. The second-order valence-corrected chi connectivity index (χ2v) is 8.69. The fourth-order valence-electron chi connectivity index (χ4n) is 3.93. The Bertz CT molecular complexity index is 503. The Hall–Kier alpha value is -0.770. The zero-order chi connectivity index (χ0) is 19.9. The lowest BCUT2D eigenvalue weighted by Gasteiger charge is -2.27. The molecule has 1 amide bonds. The summed E-state index contributed by atoms with van der Waals surface area (Å²) in [5, 5.41) is 6.46. The summed E-state index contributed by atoms with van der Waals surface area (Å²) in [4.78, 5) is 21.5. The predicted octanol–water partition coefficient (Wildman–Crippen LogP) is 3.04. The molecule has 0 aromatic rings. The molecule has 0 saturated carbocycles. The molecule has 0 spiro atoms. The quantitative estimate of drug-likeness (QED) is 0.327. The molecule has 2 saturated heterocycles. The smallest absolute Gasteiger partial charge is 0.407 e. The van der Waals surface area contributed by atoms with Crippen LogP contribution in [0, 0.1) is 0 Å². The van der Waals surface area contributed by atoms with E-state index in [0.29, 0.717) is 12.6 Å². The number of ether oxygens (including phenoxy) is 1. The van der Waals surface area contributed by atoms with E-state index in [4.69, 9.17) is 4.74 Å². The molecule has 7 nitrogen and oxygen atoms in total. The monoisotopic (exact) mass is 509 g/mol. The van der Waals surface area contributed by atoms with Gasteiger partial charge in [-0.05, 0) is 59.5 Å². The molecule has 164 valence electrons. The van der Waals surface area contributed by atoms with Gasteiger partial charge in [-0.25, -0.2) is 4.79 Å². The summed E-state index contributed by atoms with van der Waals surface area (Å²) >= 11 is 0. The molecule has 2 aliphatic rings. The maximum absolute atomic E-state index is 12.1. The summed E-state index contributed by atoms with van der Waals surface area (Å²) in [5.74, 6) is 0.934. The lowest BCUT2D eigenvalue weighted by Crippen LogP contribution is -2.49. The molecule has 2 fully saturated rings. The van der Waals surface area contributed by atoms with Crippen molar-refractivity contribution in [2.45, 2.75) is 77.5 Å². The Balaban J connectivity index is 0.00000392. The van der Waals surface area contributed by atoms with Crippen LogP contribution in [0.3, 0.4) is 0 Å². The number of nitrogens with zero attached hydrogens (tertiary/aromatic N) is 3. The van der Waals surface area contributed by atoms with Gasteiger partial charge in [0, 0.05) is 38.8 Å². The van der Waals surface area contributed by atoms with Crippen molar-refractivity contribution in [1.29, 1.82) is 0 Å². The molecule has 2 heterocycles. The first kappa shape index (κ1) is 25.3. The minimum absolute atomic E-state index is 0. The first-order chi connectivity index (χ1) is 12.8. The van der Waals surface area contributed by atoms with Crippen LogP contribution in [0.25, 0.3) is 0 Å². The lowest BCUT2D eigenvalue weighted by atomic mass is 10.1. The number of guanidine groups is 1. The van der Waals surface area contributed by atoms with Gasteiger partial charge in [0.2, 0.25) is 0 Å². The van der Waals surface area contributed by atoms with E-state index in [1.165, 1.54) is 32.4 Å². The van der Waals surface area contributed by atoms with Gasteiger partial charge in [-0.2, -0.15) is 0 Å². The molecule has 2 N–H and O–H groups in total. The van der Waals surface area contributed by atoms with Crippen LogP contribution < -0.4 is 10.6 Å². The number of hydrogen-bond acceptors (Lipinski definition) is 4. The van der Waals surface area contributed by atoms with Gasteiger partial charge >= 0.3 is 6.09 Å². The van der Waals surface area contributed by atoms with Crippen LogP contribution in [0.2, 0.25) is 0 Å². The normalized spacial score (nSPS) is 22.0. The van der Waals surface area contributed by atoms with Gasteiger partial charge in [-0.1, -0.05) is 13.3 Å². The van der Waals surface area contributed by atoms with Crippen LogP contribution in [-0.2, 0) is 4.74 Å². The van der Waals surface area contributed by atoms with E-state index < -0.39 is 5.60 Å². The standard InChI is InChI=1S/C20H39N5O2.HI/c1-6-9-16(23-19(26)27-20(2,3)4)14-22-18(21-5)25-13-10-17(15-25)24-11-7-8-12-24;/h16-17H,6-15H2,1-5H3,(H,21,22)(H,23,26);1H. The van der Waals surface area contributed by atoms with Gasteiger partial charge in [-0.15, -0.1) is 24.0 Å². The number of hydrogen-bond donors (Lipinski definition) is 2. The molecular formula is C20H40IN5O2. The van der Waals surface area contributed by atoms with E-state index in [0.717, 1.165) is 31.9 Å². The van der Waals surface area contributed by atoms with E-state index in [2.05, 4.69) is 32.3 Å². The van der Waals surface area contributed by atoms with Crippen LogP contribution in [0.1, 0.15) is 59.8 Å². The van der Waals surface area contributed by atoms with E-state index >= 15 is 0 Å². The molecule has 2 rings (SSSR count). The van der Waals surface area contributed by atoms with Crippen molar-refractivity contribution in [3.05, 3.63) is 0 Å². The van der Waals surface area contributed by atoms with E-state index in [9.17, 15) is 4.79 Å². The van der Waals surface area contributed by atoms with Gasteiger partial charge < -0.3 is 20.3 Å². The fourth-order valence-corrected chi connectivity index (χ4v) is 3.93. The summed E-state index contributed by atoms with van der Waals surface area (Å²) < 4.78 is 5.39. The first-order valence-electron chi connectivity index (χ1n) is 10.5. The molecule has 0 aromatic carbocycles. The molecule has 2 unspecified atom stereocenters. The Morgan fingerprint density at radius 3 is 2.50 bits per heavy atom. The van der Waals surface area contributed by atoms with Gasteiger partial charge in [0.25, 0.3) is 0 Å². The van der Waals surface area contributed by atoms with Gasteiger partial charge in [0.1, 0.15) is 5.60 Å². The third kappa shape index (κ3) is 8.31. The summed E-state index contributed by atoms with van der Waals surface area (Å²) in [6.07, 6.45) is 5.42. The molecule has 8 heteroatoms. The highest BCUT2D eigenvalue weighted by atomic mass is 127. The first-order valence-corrected chi connectivity index (χ1v) is 10.5. The zero-order valence-corrected chi connectivity index (χ0v) is 20.6. The third-order valence-electron chi connectivity index (χ3n) is 5.20. The number of likely N-dealkylation sites (tertiary alicyclic amines) is 2. The average molecular weight is 509 g/mol. The van der Waals surface area contributed by atoms with Crippen molar-refractivity contribution in [3.8, 4) is 0 Å². The fraction of sp³-hybridized carbons (Fsp3) is 0.900. The second-order valence-electron chi connectivity index (χ2n) is 8.69. The maximum Gasteiger partial charge on any atom is 0.407 e. The highest BCUT2D eigenvalue weighted by Crippen LogP contribution is 2.20. The Labute approximate surface area is 188 Å². The molecule has 0 radical (unpaired) electrons. The Morgan fingerprint density at radius 1 is 1.25 bits per heavy atom. The number of nitrogens with one attached hydrogen (secondary N) is 2. The number of amides is 1. The molecule has 0 aromatic heterocycles. The Morgan fingerprint density at radius 2 is 1.93 bits per heavy atom. The molecule has 2 atom stereocenters. The minimum Gasteiger partial charge on any atom is -0.444 e. The van der Waals surface area contributed by atoms with E-state index in [1.54, 1.807) is 0 Å². The SMILES string of the molecule is CCCC(CNC(=NC)N1CCC(N2CCCC2)C1)NC(=O)OC(C)(C)C.I. The topological polar surface area (TPSA) is 69.2 Å². The molecular weight excluding hydrogens is 469 g/mol. The number of carbonyl (C=O) groups is 1. The zero-order valence-electron chi connectivity index (χ0n) is 18.3. The van der Waals surface area contributed by atoms with Gasteiger partial charge in [-0.3, -0.25) is 9.89 Å². The van der Waals surface area contributed by atoms with Crippen LogP contribution in [0.15, 0.2) is 4.99 Å². The second kappa shape index (κ2) is 12.0. The highest BCUT2D eigenvalue weighted by molar-refractivity contribution is 14.0. The highest BCUT2D eigenvalue weighted by Gasteiger charge is 2.30. The summed E-state index contributed by atoms with van der Waals surface area (Å²) in [6, 6.07) is 0.677. The van der Waals surface area contributed by atoms with Crippen molar-refractivity contribution in [2.75, 3.05) is 39.8 Å². The molecule has 28 heavy (non-hydrogen) atoms. The van der Waals surface area contributed by atoms with Crippen LogP contribution in [-0.4, -0.2) is 79.3 Å². The summed E-state index contributed by atoms with van der Waals surface area (Å²) in [5.41, 5.74) is -0.482. The minimum atomic E-state index is -0.482. The van der Waals surface area contributed by atoms with Crippen molar-refractivity contribution >= 4 is 36.0 Å². The number of rotatable bonds is 6. The van der Waals surface area contributed by atoms with Crippen molar-refractivity contribution < 1.29 is 9.53 Å². The third-order valence-corrected chi connectivity index (χ3v) is 5.20. The van der Waals surface area contributed by atoms with Crippen LogP contribution >= 0.6 is 24.0 Å². The molecule has 2 aliphatic heterocycles. The van der Waals surface area contributed by atoms with Crippen LogP contribution in [0.4, 0.5) is 4.79 Å². The van der Waals surface area contributed by atoms with Gasteiger partial charge in [0.05, 0.1) is 0 Å². The predicted molar refractivity (Wildman–Crippen MR) is 126 cm³/mol. The lowest BCUT2D eigenvalue weighted by molar-refractivity contribution is 0.0502. The molecule has 0 aliphatic carbocycles. The summed E-state index contributed by atoms with van der Waals surface area (Å²) in [7, 11) is 1.83. The number of aliphatic imine (C=N–C) groups is 1. The number of carbonyl (C=O) groups excluding carboxylic acids is 1. The van der Waals surface area contributed by atoms with Crippen molar-refractivity contribution in [1.82, 2.24) is 20.4 Å². The van der Waals surface area contributed by atoms with Crippen molar-refractivity contribution in [3.63, 3.8) is 0 Å². The Kier molecular flexibility index (Phi) is 10.9. The van der Waals surface area contributed by atoms with Crippen molar-refractivity contribution in [2.24, 2.45) is 4.99 Å². The summed E-state index contributed by atoms with van der Waals surface area (Å²) in [6.45, 7) is 13.0. The largest absolute Gasteiger partial charge is 0.444 e. The molecule has 0 bridgehead atoms. The average Bonchev–Trinajstić information content (AvgIpc) is 3.25. The number of halogens is 1.